The number of aromatic hydroxyl groups is 2. The molecule has 1 aliphatic heterocycles. The number of hydrogen-bond acceptors (Lipinski definition) is 4. The molecule has 4 rings (SSSR count). The second kappa shape index (κ2) is 13.5. The van der Waals surface area contributed by atoms with E-state index >= 15 is 0 Å². The van der Waals surface area contributed by atoms with E-state index in [-0.39, 0.29) is 35.4 Å². The van der Waals surface area contributed by atoms with E-state index in [0.717, 1.165) is 51.9 Å². The van der Waals surface area contributed by atoms with Crippen LogP contribution >= 0.6 is 0 Å². The topological polar surface area (TPSA) is 82.8 Å². The number of carbonyl (C=O) groups excluding carboxylic acids is 2. The molecule has 1 aliphatic rings. The van der Waals surface area contributed by atoms with Crippen molar-refractivity contribution in [1.29, 1.82) is 0 Å². The highest BCUT2D eigenvalue weighted by Crippen LogP contribution is 2.39. The Morgan fingerprint density at radius 2 is 1.33 bits per heavy atom. The van der Waals surface area contributed by atoms with Gasteiger partial charge >= 0.3 is 0 Å². The van der Waals surface area contributed by atoms with Crippen LogP contribution in [0.4, 0.5) is 5.69 Å². The van der Waals surface area contributed by atoms with Gasteiger partial charge in [0.1, 0.15) is 0 Å². The van der Waals surface area contributed by atoms with Gasteiger partial charge in [0.25, 0.3) is 11.8 Å². The minimum absolute atomic E-state index is 0.00849. The lowest BCUT2D eigenvalue weighted by Gasteiger charge is -2.24. The number of hydrogen-bond donors (Lipinski definition) is 2. The van der Waals surface area contributed by atoms with Crippen molar-refractivity contribution in [3.8, 4) is 17.4 Å². The predicted molar refractivity (Wildman–Crippen MR) is 175 cm³/mol. The summed E-state index contributed by atoms with van der Waals surface area (Å²) in [5, 5.41) is 22.2. The highest BCUT2D eigenvalue weighted by Gasteiger charge is 2.30. The number of aromatic nitrogens is 1. The first kappa shape index (κ1) is 31.9. The molecule has 43 heavy (non-hydrogen) atoms. The molecule has 0 fully saturated rings. The molecule has 0 saturated heterocycles. The first-order valence-corrected chi connectivity index (χ1v) is 15.6. The van der Waals surface area contributed by atoms with Gasteiger partial charge in [-0.25, -0.2) is 4.90 Å². The molecular formula is C37H46N2O4. The van der Waals surface area contributed by atoms with Gasteiger partial charge in [-0.2, -0.15) is 0 Å². The summed E-state index contributed by atoms with van der Waals surface area (Å²) in [5.74, 6) is -0.315. The van der Waals surface area contributed by atoms with Gasteiger partial charge in [-0.15, -0.1) is 0 Å². The van der Waals surface area contributed by atoms with Crippen LogP contribution in [-0.2, 0) is 16.0 Å². The van der Waals surface area contributed by atoms with Gasteiger partial charge in [0.05, 0.1) is 11.4 Å². The van der Waals surface area contributed by atoms with Crippen molar-refractivity contribution in [2.75, 3.05) is 4.90 Å². The third-order valence-electron chi connectivity index (χ3n) is 8.19. The minimum Gasteiger partial charge on any atom is -0.494 e. The summed E-state index contributed by atoms with van der Waals surface area (Å²) in [4.78, 5) is 26.3. The summed E-state index contributed by atoms with van der Waals surface area (Å²) in [6.07, 6.45) is 13.0. The van der Waals surface area contributed by atoms with Gasteiger partial charge in [0.2, 0.25) is 5.88 Å². The molecule has 6 heteroatoms. The molecule has 2 N–H and O–H groups in total. The van der Waals surface area contributed by atoms with E-state index in [2.05, 4.69) is 65.0 Å². The lowest BCUT2D eigenvalue weighted by molar-refractivity contribution is -0.120. The van der Waals surface area contributed by atoms with Crippen LogP contribution in [0.15, 0.2) is 48.6 Å². The van der Waals surface area contributed by atoms with Crippen molar-refractivity contribution in [3.63, 3.8) is 0 Å². The molecule has 1 aromatic heterocycles. The zero-order chi connectivity index (χ0) is 31.4. The summed E-state index contributed by atoms with van der Waals surface area (Å²) in [6.45, 7) is 14.5. The molecule has 0 spiro atoms. The second-order valence-corrected chi connectivity index (χ2v) is 12.4. The fourth-order valence-corrected chi connectivity index (χ4v) is 6.07. The Kier molecular flexibility index (Phi) is 10.0. The zero-order valence-electron chi connectivity index (χ0n) is 26.7. The molecule has 2 aromatic carbocycles. The van der Waals surface area contributed by atoms with Crippen LogP contribution in [0.3, 0.4) is 0 Å². The molecule has 0 radical (unpaired) electrons. The number of unbranched alkanes of at least 4 members (excludes halogenated alkanes) is 4. The van der Waals surface area contributed by atoms with E-state index in [4.69, 9.17) is 0 Å². The smallest absolute Gasteiger partial charge is 0.258 e. The molecule has 0 saturated carbocycles. The lowest BCUT2D eigenvalue weighted by Crippen LogP contribution is -2.31. The zero-order valence-corrected chi connectivity index (χ0v) is 26.7. The van der Waals surface area contributed by atoms with Crippen LogP contribution in [0.25, 0.3) is 11.8 Å². The van der Waals surface area contributed by atoms with Crippen molar-refractivity contribution >= 4 is 23.6 Å². The van der Waals surface area contributed by atoms with Gasteiger partial charge in [0.15, 0.2) is 5.88 Å². The molecule has 228 valence electrons. The monoisotopic (exact) mass is 582 g/mol. The fourth-order valence-electron chi connectivity index (χ4n) is 6.07. The summed E-state index contributed by atoms with van der Waals surface area (Å²) >= 11 is 0. The van der Waals surface area contributed by atoms with Gasteiger partial charge in [0, 0.05) is 23.8 Å². The molecule has 6 nitrogen and oxygen atoms in total. The molecular weight excluding hydrogens is 536 g/mol. The van der Waals surface area contributed by atoms with Crippen molar-refractivity contribution in [3.05, 3.63) is 87.5 Å². The Labute approximate surface area is 256 Å². The van der Waals surface area contributed by atoms with Crippen LogP contribution in [-0.4, -0.2) is 26.6 Å². The minimum atomic E-state index is -0.308. The Hall–Kier alpha value is -4.06. The second-order valence-electron chi connectivity index (χ2n) is 12.4. The molecule has 0 bridgehead atoms. The van der Waals surface area contributed by atoms with E-state index in [1.807, 2.05) is 19.9 Å². The van der Waals surface area contributed by atoms with Crippen molar-refractivity contribution in [1.82, 2.24) is 4.57 Å². The normalized spacial score (nSPS) is 13.6. The maximum absolute atomic E-state index is 12.5. The molecule has 0 aliphatic carbocycles. The Bertz CT molecular complexity index is 1550. The maximum Gasteiger partial charge on any atom is 0.258 e. The molecule has 2 heterocycles. The van der Waals surface area contributed by atoms with E-state index in [1.165, 1.54) is 36.3 Å². The molecule has 0 atom stereocenters. The summed E-state index contributed by atoms with van der Waals surface area (Å²) in [5.41, 5.74) is 8.12. The van der Waals surface area contributed by atoms with Crippen LogP contribution in [0.1, 0.15) is 118 Å². The number of anilines is 1. The molecule has 2 amide bonds. The van der Waals surface area contributed by atoms with Crippen molar-refractivity contribution in [2.24, 2.45) is 0 Å². The SMILES string of the molecule is CCCCCC/C=C/c1cc(O)n(-c2c(C)cc(Cc3cc(C)c(N4C(=O)C=CC4=O)c(C(C)C)c3)cc2C(C)C)c1O. The van der Waals surface area contributed by atoms with Gasteiger partial charge in [-0.3, -0.25) is 14.2 Å². The summed E-state index contributed by atoms with van der Waals surface area (Å²) in [6, 6.07) is 10.1. The fraction of sp³-hybridized carbons (Fsp3) is 0.405. The van der Waals surface area contributed by atoms with E-state index < -0.39 is 0 Å². The summed E-state index contributed by atoms with van der Waals surface area (Å²) < 4.78 is 1.55. The number of carbonyl (C=O) groups is 2. The van der Waals surface area contributed by atoms with Crippen molar-refractivity contribution < 1.29 is 19.8 Å². The first-order valence-electron chi connectivity index (χ1n) is 15.6. The van der Waals surface area contributed by atoms with Gasteiger partial charge in [-0.05, 0) is 78.3 Å². The first-order chi connectivity index (χ1) is 20.4. The number of aryl methyl sites for hydroxylation is 2. The largest absolute Gasteiger partial charge is 0.494 e. The quantitative estimate of drug-likeness (QED) is 0.165. The van der Waals surface area contributed by atoms with Crippen LogP contribution in [0.2, 0.25) is 0 Å². The number of rotatable bonds is 12. The third kappa shape index (κ3) is 6.79. The molecule has 3 aromatic rings. The third-order valence-corrected chi connectivity index (χ3v) is 8.19. The Morgan fingerprint density at radius 1 is 0.767 bits per heavy atom. The predicted octanol–water partition coefficient (Wildman–Crippen LogP) is 8.76. The van der Waals surface area contributed by atoms with E-state index in [1.54, 1.807) is 10.6 Å². The number of benzene rings is 2. The summed E-state index contributed by atoms with van der Waals surface area (Å²) in [7, 11) is 0. The highest BCUT2D eigenvalue weighted by molar-refractivity contribution is 6.28. The highest BCUT2D eigenvalue weighted by atomic mass is 16.3. The van der Waals surface area contributed by atoms with Crippen LogP contribution in [0, 0.1) is 13.8 Å². The van der Waals surface area contributed by atoms with Crippen LogP contribution in [0.5, 0.6) is 11.8 Å². The van der Waals surface area contributed by atoms with E-state index in [0.29, 0.717) is 17.7 Å². The average Bonchev–Trinajstić information content (AvgIpc) is 3.41. The van der Waals surface area contributed by atoms with Gasteiger partial charge < -0.3 is 10.2 Å². The maximum atomic E-state index is 12.5. The van der Waals surface area contributed by atoms with Crippen LogP contribution < -0.4 is 4.90 Å². The molecule has 0 unspecified atom stereocenters. The Morgan fingerprint density at radius 3 is 1.88 bits per heavy atom. The van der Waals surface area contributed by atoms with E-state index in [9.17, 15) is 19.8 Å². The van der Waals surface area contributed by atoms with Gasteiger partial charge in [-0.1, -0.05) is 90.3 Å². The standard InChI is InChI=1S/C37H46N2O4/c1-8-9-10-11-12-13-14-29-22-34(42)39(37(29)43)36-26(7)18-28(21-31(36)24(4)5)19-27-17-25(6)35(30(20-27)23(2)3)38-32(40)15-16-33(38)41/h13-18,20-24,42-43H,8-12,19H2,1-7H3/b14-13+. The number of imide groups is 1. The number of amides is 2. The number of allylic oxidation sites excluding steroid dienone is 1. The average molecular weight is 583 g/mol. The lowest BCUT2D eigenvalue weighted by atomic mass is 9.90. The Balaban J connectivity index is 1.68. The number of nitrogens with zero attached hydrogens (tertiary/aromatic N) is 2. The van der Waals surface area contributed by atoms with Crippen molar-refractivity contribution in [2.45, 2.75) is 98.8 Å².